The number of imidazole rings is 1. The van der Waals surface area contributed by atoms with Gasteiger partial charge in [0.15, 0.2) is 5.11 Å². The Bertz CT molecular complexity index is 2100. The molecule has 6 rings (SSSR count). The minimum Gasteiger partial charge on any atom is -0.351 e. The zero-order chi connectivity index (χ0) is 34.2. The number of nitrogens with one attached hydrogen (secondary N) is 2. The highest BCUT2D eigenvalue weighted by Crippen LogP contribution is 2.25. The number of anilines is 1. The Kier molecular flexibility index (Phi) is 10.6. The molecule has 2 atom stereocenters. The molecule has 49 heavy (non-hydrogen) atoms. The molecule has 0 aliphatic heterocycles. The summed E-state index contributed by atoms with van der Waals surface area (Å²) in [7, 11) is 0. The topological polar surface area (TPSA) is 86.0 Å². The van der Waals surface area contributed by atoms with Crippen molar-refractivity contribution < 1.29 is 4.79 Å². The van der Waals surface area contributed by atoms with Gasteiger partial charge in [-0.25, -0.2) is 4.98 Å². The summed E-state index contributed by atoms with van der Waals surface area (Å²) in [6.07, 6.45) is 4.59. The van der Waals surface area contributed by atoms with E-state index in [1.807, 2.05) is 34.9 Å². The average Bonchev–Trinajstić information content (AvgIpc) is 3.56. The number of rotatable bonds is 12. The van der Waals surface area contributed by atoms with Crippen molar-refractivity contribution in [2.24, 2.45) is 5.92 Å². The minimum atomic E-state index is -0.158. The number of benzene rings is 5. The van der Waals surface area contributed by atoms with Crippen LogP contribution in [0.1, 0.15) is 42.7 Å². The summed E-state index contributed by atoms with van der Waals surface area (Å²) in [5.74, 6) is 0.132. The molecule has 1 amide bonds. The van der Waals surface area contributed by atoms with Gasteiger partial charge in [-0.05, 0) is 63.6 Å². The molecule has 1 aromatic heterocycles. The highest BCUT2D eigenvalue weighted by Gasteiger charge is 2.25. The lowest BCUT2D eigenvalue weighted by Gasteiger charge is -2.33. The van der Waals surface area contributed by atoms with Gasteiger partial charge >= 0.3 is 0 Å². The third kappa shape index (κ3) is 8.14. The standard InChI is InChI=1S/C41H40N6OS/c1-3-29(2)39(44-40(48)22-35-24-43-28-47(35)25-31-20-18-30(23-42)19-21-31)27-46(26-34-14-8-12-32-10-4-6-15-36(32)34)41(49)45-38-17-9-13-33-11-5-7-16-37(33)38/h4-21,24,28-29,39H,3,22,25-27H2,1-2H3,(H,44,48)(H,45,49)/t29-,39+/m0/s1. The van der Waals surface area contributed by atoms with Gasteiger partial charge in [0.1, 0.15) is 0 Å². The third-order valence-corrected chi connectivity index (χ3v) is 9.59. The second-order valence-electron chi connectivity index (χ2n) is 12.5. The van der Waals surface area contributed by atoms with Crippen molar-refractivity contribution >= 4 is 50.5 Å². The predicted octanol–water partition coefficient (Wildman–Crippen LogP) is 8.08. The highest BCUT2D eigenvalue weighted by molar-refractivity contribution is 7.80. The first kappa shape index (κ1) is 33.4. The number of nitrogens with zero attached hydrogens (tertiary/aromatic N) is 4. The number of hydrogen-bond donors (Lipinski definition) is 2. The maximum Gasteiger partial charge on any atom is 0.226 e. The first-order valence-electron chi connectivity index (χ1n) is 16.7. The molecular weight excluding hydrogens is 625 g/mol. The van der Waals surface area contributed by atoms with E-state index in [0.717, 1.165) is 34.1 Å². The van der Waals surface area contributed by atoms with E-state index in [-0.39, 0.29) is 24.3 Å². The lowest BCUT2D eigenvalue weighted by Crippen LogP contribution is -2.50. The molecule has 0 fully saturated rings. The van der Waals surface area contributed by atoms with Crippen LogP contribution in [0.3, 0.4) is 0 Å². The number of hydrogen-bond acceptors (Lipinski definition) is 4. The van der Waals surface area contributed by atoms with E-state index in [9.17, 15) is 4.79 Å². The molecule has 8 heteroatoms. The Morgan fingerprint density at radius 3 is 2.33 bits per heavy atom. The van der Waals surface area contributed by atoms with Crippen LogP contribution in [0.4, 0.5) is 5.69 Å². The maximum absolute atomic E-state index is 13.7. The predicted molar refractivity (Wildman–Crippen MR) is 202 cm³/mol. The van der Waals surface area contributed by atoms with Gasteiger partial charge in [0, 0.05) is 48.6 Å². The number of nitriles is 1. The van der Waals surface area contributed by atoms with Crippen molar-refractivity contribution in [2.75, 3.05) is 11.9 Å². The van der Waals surface area contributed by atoms with E-state index in [2.05, 4.69) is 107 Å². The van der Waals surface area contributed by atoms with Crippen LogP contribution in [0.15, 0.2) is 122 Å². The first-order valence-corrected chi connectivity index (χ1v) is 17.1. The largest absolute Gasteiger partial charge is 0.351 e. The number of carbonyl (C=O) groups is 1. The Labute approximate surface area is 293 Å². The van der Waals surface area contributed by atoms with Gasteiger partial charge in [0.2, 0.25) is 5.91 Å². The first-order chi connectivity index (χ1) is 23.9. The SMILES string of the molecule is CC[C@H](C)[C@@H](CN(Cc1cccc2ccccc12)C(=S)Nc1cccc2ccccc12)NC(=O)Cc1cncn1Cc1ccc(C#N)cc1. The summed E-state index contributed by atoms with van der Waals surface area (Å²) in [6.45, 7) is 6.01. The van der Waals surface area contributed by atoms with Crippen molar-refractivity contribution in [3.63, 3.8) is 0 Å². The second kappa shape index (κ2) is 15.6. The van der Waals surface area contributed by atoms with Crippen LogP contribution in [0.2, 0.25) is 0 Å². The molecule has 2 N–H and O–H groups in total. The number of carbonyl (C=O) groups excluding carboxylic acids is 1. The molecule has 5 aromatic carbocycles. The molecule has 6 aromatic rings. The molecule has 1 heterocycles. The van der Waals surface area contributed by atoms with Crippen molar-refractivity contribution in [3.05, 3.63) is 144 Å². The zero-order valence-corrected chi connectivity index (χ0v) is 28.7. The molecule has 0 saturated heterocycles. The number of fused-ring (bicyclic) bond motifs is 2. The van der Waals surface area contributed by atoms with E-state index < -0.39 is 0 Å². The van der Waals surface area contributed by atoms with Crippen LogP contribution >= 0.6 is 12.2 Å². The number of aromatic nitrogens is 2. The summed E-state index contributed by atoms with van der Waals surface area (Å²) in [5, 5.41) is 21.3. The highest BCUT2D eigenvalue weighted by atomic mass is 32.1. The van der Waals surface area contributed by atoms with Gasteiger partial charge in [-0.3, -0.25) is 4.79 Å². The molecule has 7 nitrogen and oxygen atoms in total. The quantitative estimate of drug-likeness (QED) is 0.129. The van der Waals surface area contributed by atoms with Gasteiger partial charge in [-0.15, -0.1) is 0 Å². The smallest absolute Gasteiger partial charge is 0.226 e. The Balaban J connectivity index is 1.23. The van der Waals surface area contributed by atoms with Gasteiger partial charge in [-0.2, -0.15) is 5.26 Å². The number of thiocarbonyl (C=S) groups is 1. The van der Waals surface area contributed by atoms with Gasteiger partial charge in [-0.1, -0.05) is 111 Å². The lowest BCUT2D eigenvalue weighted by molar-refractivity contribution is -0.121. The van der Waals surface area contributed by atoms with Crippen LogP contribution < -0.4 is 10.6 Å². The Morgan fingerprint density at radius 2 is 1.59 bits per heavy atom. The molecular formula is C41H40N6OS. The molecule has 0 aliphatic carbocycles. The fourth-order valence-corrected chi connectivity index (χ4v) is 6.46. The Morgan fingerprint density at radius 1 is 0.918 bits per heavy atom. The monoisotopic (exact) mass is 664 g/mol. The maximum atomic E-state index is 13.7. The van der Waals surface area contributed by atoms with E-state index in [1.165, 1.54) is 16.3 Å². The second-order valence-corrected chi connectivity index (χ2v) is 12.9. The fraction of sp³-hybridized carbons (Fsp3) is 0.220. The summed E-state index contributed by atoms with van der Waals surface area (Å²) in [4.78, 5) is 20.2. The van der Waals surface area contributed by atoms with Crippen molar-refractivity contribution in [1.82, 2.24) is 19.8 Å². The van der Waals surface area contributed by atoms with Gasteiger partial charge in [0.05, 0.1) is 24.4 Å². The van der Waals surface area contributed by atoms with E-state index in [0.29, 0.717) is 30.3 Å². The third-order valence-electron chi connectivity index (χ3n) is 9.23. The van der Waals surface area contributed by atoms with E-state index in [1.54, 1.807) is 24.7 Å². The molecule has 0 unspecified atom stereocenters. The molecule has 0 bridgehead atoms. The summed E-state index contributed by atoms with van der Waals surface area (Å²) in [5.41, 5.74) is 4.59. The van der Waals surface area contributed by atoms with Crippen LogP contribution in [0.5, 0.6) is 0 Å². The summed E-state index contributed by atoms with van der Waals surface area (Å²) >= 11 is 6.16. The van der Waals surface area contributed by atoms with E-state index >= 15 is 0 Å². The molecule has 0 radical (unpaired) electrons. The fourth-order valence-electron chi connectivity index (χ4n) is 6.22. The zero-order valence-electron chi connectivity index (χ0n) is 27.8. The Hall–Kier alpha value is -5.52. The lowest BCUT2D eigenvalue weighted by atomic mass is 9.97. The van der Waals surface area contributed by atoms with Crippen molar-refractivity contribution in [2.45, 2.75) is 45.8 Å². The normalized spacial score (nSPS) is 12.3. The number of amides is 1. The van der Waals surface area contributed by atoms with Crippen molar-refractivity contribution in [3.8, 4) is 6.07 Å². The minimum absolute atomic E-state index is 0.0649. The van der Waals surface area contributed by atoms with E-state index in [4.69, 9.17) is 17.5 Å². The van der Waals surface area contributed by atoms with Crippen LogP contribution in [-0.4, -0.2) is 38.1 Å². The van der Waals surface area contributed by atoms with Gasteiger partial charge < -0.3 is 20.1 Å². The van der Waals surface area contributed by atoms with Crippen LogP contribution in [-0.2, 0) is 24.3 Å². The molecule has 0 spiro atoms. The van der Waals surface area contributed by atoms with Gasteiger partial charge in [0.25, 0.3) is 0 Å². The average molecular weight is 665 g/mol. The molecule has 0 saturated carbocycles. The molecule has 0 aliphatic rings. The van der Waals surface area contributed by atoms with Crippen LogP contribution in [0, 0.1) is 17.2 Å². The van der Waals surface area contributed by atoms with Crippen LogP contribution in [0.25, 0.3) is 21.5 Å². The summed E-state index contributed by atoms with van der Waals surface area (Å²) in [6, 6.07) is 38.7. The van der Waals surface area contributed by atoms with Crippen molar-refractivity contribution in [1.29, 1.82) is 5.26 Å². The summed E-state index contributed by atoms with van der Waals surface area (Å²) < 4.78 is 1.98. The molecule has 246 valence electrons.